The predicted molar refractivity (Wildman–Crippen MR) is 103 cm³/mol. The summed E-state index contributed by atoms with van der Waals surface area (Å²) in [5.74, 6) is 0.552. The number of sulfonamides is 1. The maximum absolute atomic E-state index is 13.4. The van der Waals surface area contributed by atoms with Crippen molar-refractivity contribution in [3.8, 4) is 0 Å². The SMILES string of the molecule is O=C1CCCc2cc(S(=O)(=O)N(Cc3ccco3)CC3CCCO3)ccc2N1. The molecule has 7 nitrogen and oxygen atoms in total. The van der Waals surface area contributed by atoms with E-state index < -0.39 is 10.0 Å². The van der Waals surface area contributed by atoms with Crippen molar-refractivity contribution in [1.29, 1.82) is 0 Å². The van der Waals surface area contributed by atoms with Crippen molar-refractivity contribution >= 4 is 21.6 Å². The third-order valence-corrected chi connectivity index (χ3v) is 6.99. The van der Waals surface area contributed by atoms with Crippen LogP contribution in [0.4, 0.5) is 5.69 Å². The number of hydrogen-bond acceptors (Lipinski definition) is 5. The number of aryl methyl sites for hydroxylation is 1. The number of fused-ring (bicyclic) bond motifs is 1. The molecule has 1 saturated heterocycles. The van der Waals surface area contributed by atoms with Crippen LogP contribution in [0.1, 0.15) is 37.0 Å². The zero-order valence-electron chi connectivity index (χ0n) is 15.6. The molecule has 0 saturated carbocycles. The molecule has 150 valence electrons. The molecule has 2 aliphatic rings. The van der Waals surface area contributed by atoms with Gasteiger partial charge in [0.05, 0.1) is 23.8 Å². The van der Waals surface area contributed by atoms with Gasteiger partial charge in [0.15, 0.2) is 0 Å². The number of carbonyl (C=O) groups is 1. The zero-order chi connectivity index (χ0) is 19.6. The lowest BCUT2D eigenvalue weighted by Gasteiger charge is -2.24. The van der Waals surface area contributed by atoms with E-state index in [-0.39, 0.29) is 30.0 Å². The van der Waals surface area contributed by atoms with Crippen molar-refractivity contribution in [2.75, 3.05) is 18.5 Å². The highest BCUT2D eigenvalue weighted by atomic mass is 32.2. The van der Waals surface area contributed by atoms with E-state index in [1.807, 2.05) is 0 Å². The number of furan rings is 1. The number of nitrogens with one attached hydrogen (secondary N) is 1. The van der Waals surface area contributed by atoms with Crippen LogP contribution in [0.25, 0.3) is 0 Å². The van der Waals surface area contributed by atoms with E-state index in [9.17, 15) is 13.2 Å². The van der Waals surface area contributed by atoms with Gasteiger partial charge in [-0.1, -0.05) is 0 Å². The first-order valence-corrected chi connectivity index (χ1v) is 11.0. The first-order valence-electron chi connectivity index (χ1n) is 9.59. The highest BCUT2D eigenvalue weighted by Gasteiger charge is 2.30. The Morgan fingerprint density at radius 1 is 1.18 bits per heavy atom. The van der Waals surface area contributed by atoms with E-state index in [4.69, 9.17) is 9.15 Å². The summed E-state index contributed by atoms with van der Waals surface area (Å²) in [7, 11) is -3.74. The Bertz CT molecular complexity index is 934. The molecule has 1 unspecified atom stereocenters. The van der Waals surface area contributed by atoms with Crippen molar-refractivity contribution in [1.82, 2.24) is 4.31 Å². The number of anilines is 1. The van der Waals surface area contributed by atoms with Gasteiger partial charge in [-0.05, 0) is 61.6 Å². The molecule has 2 aromatic rings. The Morgan fingerprint density at radius 2 is 2.07 bits per heavy atom. The lowest BCUT2D eigenvalue weighted by Crippen LogP contribution is -2.36. The fraction of sp³-hybridized carbons (Fsp3) is 0.450. The fourth-order valence-corrected chi connectivity index (χ4v) is 5.19. The molecule has 0 spiro atoms. The molecule has 1 fully saturated rings. The number of ether oxygens (including phenoxy) is 1. The number of rotatable bonds is 6. The molecular formula is C20H24N2O5S. The van der Waals surface area contributed by atoms with E-state index >= 15 is 0 Å². The van der Waals surface area contributed by atoms with E-state index in [1.54, 1.807) is 30.3 Å². The van der Waals surface area contributed by atoms with Gasteiger partial charge in [0.1, 0.15) is 5.76 Å². The maximum Gasteiger partial charge on any atom is 0.243 e. The molecule has 4 rings (SSSR count). The fourth-order valence-electron chi connectivity index (χ4n) is 3.70. The van der Waals surface area contributed by atoms with Gasteiger partial charge in [0.2, 0.25) is 15.9 Å². The van der Waals surface area contributed by atoms with Gasteiger partial charge in [-0.25, -0.2) is 8.42 Å². The molecule has 1 amide bonds. The van der Waals surface area contributed by atoms with Gasteiger partial charge in [0, 0.05) is 25.3 Å². The molecule has 1 aromatic heterocycles. The van der Waals surface area contributed by atoms with Gasteiger partial charge in [0.25, 0.3) is 0 Å². The van der Waals surface area contributed by atoms with Crippen LogP contribution in [0.2, 0.25) is 0 Å². The Kier molecular flexibility index (Phi) is 5.52. The molecule has 0 radical (unpaired) electrons. The number of carbonyl (C=O) groups excluding carboxylic acids is 1. The molecule has 2 aliphatic heterocycles. The normalized spacial score (nSPS) is 20.0. The molecule has 8 heteroatoms. The van der Waals surface area contributed by atoms with Crippen LogP contribution in [0.3, 0.4) is 0 Å². The second-order valence-electron chi connectivity index (χ2n) is 7.23. The molecular weight excluding hydrogens is 380 g/mol. The maximum atomic E-state index is 13.4. The summed E-state index contributed by atoms with van der Waals surface area (Å²) in [6.07, 6.45) is 5.04. The van der Waals surface area contributed by atoms with Crippen LogP contribution in [0, 0.1) is 0 Å². The van der Waals surface area contributed by atoms with Gasteiger partial charge < -0.3 is 14.5 Å². The third kappa shape index (κ3) is 4.14. The van der Waals surface area contributed by atoms with Crippen LogP contribution in [-0.2, 0) is 32.5 Å². The summed E-state index contributed by atoms with van der Waals surface area (Å²) >= 11 is 0. The topological polar surface area (TPSA) is 88.9 Å². The molecule has 0 bridgehead atoms. The lowest BCUT2D eigenvalue weighted by molar-refractivity contribution is -0.116. The van der Waals surface area contributed by atoms with Crippen molar-refractivity contribution in [3.63, 3.8) is 0 Å². The second kappa shape index (κ2) is 8.06. The van der Waals surface area contributed by atoms with Gasteiger partial charge in [-0.2, -0.15) is 4.31 Å². The molecule has 1 aromatic carbocycles. The molecule has 3 heterocycles. The van der Waals surface area contributed by atoms with E-state index in [0.717, 1.165) is 18.4 Å². The lowest BCUT2D eigenvalue weighted by atomic mass is 10.1. The van der Waals surface area contributed by atoms with Crippen LogP contribution < -0.4 is 5.32 Å². The number of amides is 1. The van der Waals surface area contributed by atoms with Crippen LogP contribution in [0.15, 0.2) is 45.9 Å². The van der Waals surface area contributed by atoms with E-state index in [2.05, 4.69) is 5.32 Å². The molecule has 0 aliphatic carbocycles. The van der Waals surface area contributed by atoms with Crippen molar-refractivity contribution in [2.45, 2.75) is 49.6 Å². The second-order valence-corrected chi connectivity index (χ2v) is 9.17. The van der Waals surface area contributed by atoms with Gasteiger partial charge >= 0.3 is 0 Å². The highest BCUT2D eigenvalue weighted by molar-refractivity contribution is 7.89. The average Bonchev–Trinajstić information content (AvgIpc) is 3.33. The van der Waals surface area contributed by atoms with E-state index in [1.165, 1.54) is 10.6 Å². The Hall–Kier alpha value is -2.16. The minimum Gasteiger partial charge on any atom is -0.468 e. The van der Waals surface area contributed by atoms with Crippen LogP contribution >= 0.6 is 0 Å². The Labute approximate surface area is 164 Å². The third-order valence-electron chi connectivity index (χ3n) is 5.18. The minimum atomic E-state index is -3.74. The monoisotopic (exact) mass is 404 g/mol. The van der Waals surface area contributed by atoms with Gasteiger partial charge in [-0.3, -0.25) is 4.79 Å². The number of hydrogen-bond donors (Lipinski definition) is 1. The van der Waals surface area contributed by atoms with Crippen LogP contribution in [-0.4, -0.2) is 37.9 Å². The van der Waals surface area contributed by atoms with Gasteiger partial charge in [-0.15, -0.1) is 0 Å². The number of nitrogens with zero attached hydrogens (tertiary/aromatic N) is 1. The first-order chi connectivity index (χ1) is 13.5. The summed E-state index contributed by atoms with van der Waals surface area (Å²) in [4.78, 5) is 12.0. The quantitative estimate of drug-likeness (QED) is 0.800. The van der Waals surface area contributed by atoms with Crippen molar-refractivity contribution < 1.29 is 22.4 Å². The minimum absolute atomic E-state index is 0.0350. The standard InChI is InChI=1S/C20H24N2O5S/c23-20-7-1-4-15-12-18(8-9-19(15)21-20)28(24,25)22(13-16-5-2-10-26-16)14-17-6-3-11-27-17/h2,5,8-10,12,17H,1,3-4,6-7,11,13-14H2,(H,21,23). The Balaban J connectivity index is 1.64. The summed E-state index contributed by atoms with van der Waals surface area (Å²) in [6, 6.07) is 8.44. The first kappa shape index (κ1) is 19.2. The van der Waals surface area contributed by atoms with Crippen LogP contribution in [0.5, 0.6) is 0 Å². The summed E-state index contributed by atoms with van der Waals surface area (Å²) < 4.78 is 39.3. The predicted octanol–water partition coefficient (Wildman–Crippen LogP) is 2.92. The largest absolute Gasteiger partial charge is 0.468 e. The highest BCUT2D eigenvalue weighted by Crippen LogP contribution is 2.28. The number of benzene rings is 1. The Morgan fingerprint density at radius 3 is 2.82 bits per heavy atom. The summed E-state index contributed by atoms with van der Waals surface area (Å²) in [6.45, 7) is 1.11. The summed E-state index contributed by atoms with van der Waals surface area (Å²) in [5.41, 5.74) is 1.54. The average molecular weight is 404 g/mol. The smallest absolute Gasteiger partial charge is 0.243 e. The van der Waals surface area contributed by atoms with Crippen molar-refractivity contribution in [3.05, 3.63) is 47.9 Å². The molecule has 28 heavy (non-hydrogen) atoms. The zero-order valence-corrected chi connectivity index (χ0v) is 16.4. The molecule has 1 N–H and O–H groups in total. The van der Waals surface area contributed by atoms with E-state index in [0.29, 0.717) is 37.3 Å². The summed E-state index contributed by atoms with van der Waals surface area (Å²) in [5, 5.41) is 2.84. The molecule has 1 atom stereocenters. The van der Waals surface area contributed by atoms with Crippen molar-refractivity contribution in [2.24, 2.45) is 0 Å².